The number of rotatable bonds is 4. The number of likely N-dealkylation sites (tertiary alicyclic amines) is 1. The smallest absolute Gasteiger partial charge is 0.194 e. The van der Waals surface area contributed by atoms with Gasteiger partial charge in [-0.1, -0.05) is 25.1 Å². The molecule has 1 aliphatic heterocycles. The van der Waals surface area contributed by atoms with Crippen LogP contribution in [0.2, 0.25) is 0 Å². The molecule has 0 amide bonds. The molecule has 0 bridgehead atoms. The Morgan fingerprint density at radius 2 is 2.25 bits per heavy atom. The van der Waals surface area contributed by atoms with E-state index in [2.05, 4.69) is 53.3 Å². The number of nitrogens with one attached hydrogen (secondary N) is 1. The fourth-order valence-electron chi connectivity index (χ4n) is 3.27. The second-order valence-electron chi connectivity index (χ2n) is 6.46. The normalized spacial score (nSPS) is 18.7. The summed E-state index contributed by atoms with van der Waals surface area (Å²) in [6.07, 6.45) is 8.18. The van der Waals surface area contributed by atoms with Gasteiger partial charge < -0.3 is 14.8 Å². The number of para-hydroxylation sites is 1. The Hall–Kier alpha value is -2.30. The lowest BCUT2D eigenvalue weighted by atomic mass is 10.0. The Balaban J connectivity index is 1.80. The first-order valence-corrected chi connectivity index (χ1v) is 8.87. The molecule has 1 unspecified atom stereocenters. The molecule has 24 heavy (non-hydrogen) atoms. The van der Waals surface area contributed by atoms with Crippen molar-refractivity contribution in [3.8, 4) is 5.69 Å². The molecule has 5 heteroatoms. The minimum Gasteiger partial charge on any atom is -0.357 e. The van der Waals surface area contributed by atoms with Crippen molar-refractivity contribution < 1.29 is 0 Å². The maximum Gasteiger partial charge on any atom is 0.194 e. The highest BCUT2D eigenvalue weighted by Gasteiger charge is 2.19. The van der Waals surface area contributed by atoms with Gasteiger partial charge >= 0.3 is 0 Å². The van der Waals surface area contributed by atoms with Crippen molar-refractivity contribution in [1.29, 1.82) is 0 Å². The second-order valence-corrected chi connectivity index (χ2v) is 6.46. The average Bonchev–Trinajstić information content (AvgIpc) is 3.13. The van der Waals surface area contributed by atoms with Crippen molar-refractivity contribution in [2.24, 2.45) is 10.9 Å². The van der Waals surface area contributed by atoms with Crippen LogP contribution in [0, 0.1) is 5.92 Å². The van der Waals surface area contributed by atoms with E-state index in [1.54, 1.807) is 6.20 Å². The molecule has 1 saturated heterocycles. The van der Waals surface area contributed by atoms with Crippen LogP contribution in [-0.4, -0.2) is 40.0 Å². The summed E-state index contributed by atoms with van der Waals surface area (Å²) in [7, 11) is 0. The van der Waals surface area contributed by atoms with Crippen molar-refractivity contribution in [1.82, 2.24) is 19.8 Å². The summed E-state index contributed by atoms with van der Waals surface area (Å²) in [6.45, 7) is 8.20. The molecule has 0 saturated carbocycles. The van der Waals surface area contributed by atoms with Crippen molar-refractivity contribution in [2.75, 3.05) is 19.6 Å². The molecule has 1 aliphatic rings. The zero-order valence-corrected chi connectivity index (χ0v) is 14.7. The quantitative estimate of drug-likeness (QED) is 0.694. The van der Waals surface area contributed by atoms with Gasteiger partial charge in [0.2, 0.25) is 0 Å². The maximum atomic E-state index is 4.91. The van der Waals surface area contributed by atoms with E-state index in [-0.39, 0.29) is 0 Å². The third kappa shape index (κ3) is 3.96. The minimum absolute atomic E-state index is 0.668. The number of aliphatic imine (C=N–C) groups is 1. The lowest BCUT2D eigenvalue weighted by Gasteiger charge is -2.33. The van der Waals surface area contributed by atoms with Gasteiger partial charge in [0.15, 0.2) is 5.96 Å². The fourth-order valence-corrected chi connectivity index (χ4v) is 3.27. The molecular weight excluding hydrogens is 298 g/mol. The molecule has 3 rings (SSSR count). The third-order valence-electron chi connectivity index (χ3n) is 4.46. The summed E-state index contributed by atoms with van der Waals surface area (Å²) in [6, 6.07) is 8.38. The van der Waals surface area contributed by atoms with Gasteiger partial charge in [-0.15, -0.1) is 0 Å². The van der Waals surface area contributed by atoms with Crippen molar-refractivity contribution in [3.63, 3.8) is 0 Å². The fraction of sp³-hybridized carbons (Fsp3) is 0.474. The van der Waals surface area contributed by atoms with Crippen LogP contribution >= 0.6 is 0 Å². The van der Waals surface area contributed by atoms with Crippen LogP contribution in [0.3, 0.4) is 0 Å². The molecule has 0 aliphatic carbocycles. The van der Waals surface area contributed by atoms with Gasteiger partial charge in [-0.05, 0) is 37.3 Å². The number of benzene rings is 1. The highest BCUT2D eigenvalue weighted by atomic mass is 15.3. The molecule has 1 N–H and O–H groups in total. The Kier molecular flexibility index (Phi) is 5.51. The highest BCUT2D eigenvalue weighted by Crippen LogP contribution is 2.17. The van der Waals surface area contributed by atoms with E-state index in [0.717, 1.165) is 37.2 Å². The molecule has 5 nitrogen and oxygen atoms in total. The lowest BCUT2D eigenvalue weighted by molar-refractivity contribution is 0.266. The van der Waals surface area contributed by atoms with E-state index in [9.17, 15) is 0 Å². The number of nitrogens with zero attached hydrogens (tertiary/aromatic N) is 4. The van der Waals surface area contributed by atoms with Crippen LogP contribution in [0.4, 0.5) is 0 Å². The summed E-state index contributed by atoms with van der Waals surface area (Å²) in [4.78, 5) is 11.5. The molecule has 1 aromatic carbocycles. The van der Waals surface area contributed by atoms with E-state index in [0.29, 0.717) is 6.54 Å². The van der Waals surface area contributed by atoms with Crippen LogP contribution in [0.15, 0.2) is 48.0 Å². The zero-order valence-electron chi connectivity index (χ0n) is 14.7. The number of guanidine groups is 1. The Morgan fingerprint density at radius 1 is 1.38 bits per heavy atom. The number of imidazole rings is 1. The van der Waals surface area contributed by atoms with Gasteiger partial charge in [0.25, 0.3) is 0 Å². The van der Waals surface area contributed by atoms with Gasteiger partial charge in [0.05, 0.1) is 18.6 Å². The predicted octanol–water partition coefficient (Wildman–Crippen LogP) is 3.07. The highest BCUT2D eigenvalue weighted by molar-refractivity contribution is 5.80. The van der Waals surface area contributed by atoms with Crippen LogP contribution in [0.5, 0.6) is 0 Å². The van der Waals surface area contributed by atoms with E-state index in [1.807, 2.05) is 17.1 Å². The summed E-state index contributed by atoms with van der Waals surface area (Å²) < 4.78 is 2.04. The summed E-state index contributed by atoms with van der Waals surface area (Å²) in [5.74, 6) is 1.77. The molecule has 0 radical (unpaired) electrons. The number of aromatic nitrogens is 2. The molecule has 2 aromatic rings. The molecule has 2 heterocycles. The molecular formula is C19H27N5. The summed E-state index contributed by atoms with van der Waals surface area (Å²) in [5.41, 5.74) is 2.34. The first-order chi connectivity index (χ1) is 11.8. The number of hydrogen-bond donors (Lipinski definition) is 1. The van der Waals surface area contributed by atoms with E-state index in [1.165, 1.54) is 18.4 Å². The van der Waals surface area contributed by atoms with E-state index in [4.69, 9.17) is 4.99 Å². The first-order valence-electron chi connectivity index (χ1n) is 8.87. The average molecular weight is 325 g/mol. The van der Waals surface area contributed by atoms with Crippen molar-refractivity contribution >= 4 is 5.96 Å². The second kappa shape index (κ2) is 7.99. The number of hydrogen-bond acceptors (Lipinski definition) is 2. The molecule has 128 valence electrons. The third-order valence-corrected chi connectivity index (χ3v) is 4.46. The van der Waals surface area contributed by atoms with Crippen LogP contribution in [0.25, 0.3) is 5.69 Å². The zero-order chi connectivity index (χ0) is 16.8. The number of piperidine rings is 1. The van der Waals surface area contributed by atoms with Gasteiger partial charge in [0, 0.05) is 32.0 Å². The monoisotopic (exact) mass is 325 g/mol. The van der Waals surface area contributed by atoms with Crippen LogP contribution < -0.4 is 5.32 Å². The van der Waals surface area contributed by atoms with Gasteiger partial charge in [-0.25, -0.2) is 9.98 Å². The van der Waals surface area contributed by atoms with Crippen molar-refractivity contribution in [3.05, 3.63) is 48.5 Å². The SMILES string of the molecule is CCNC(=NCc1ccccc1-n1ccnc1)N1CCCC(C)C1. The minimum atomic E-state index is 0.668. The Bertz CT molecular complexity index is 662. The standard InChI is InChI=1S/C19H27N5/c1-3-21-19(23-11-6-7-16(2)14-23)22-13-17-8-4-5-9-18(17)24-12-10-20-15-24/h4-5,8-10,12,15-16H,3,6-7,11,13-14H2,1-2H3,(H,21,22). The summed E-state index contributed by atoms with van der Waals surface area (Å²) in [5, 5.41) is 3.45. The Morgan fingerprint density at radius 3 is 3.00 bits per heavy atom. The van der Waals surface area contributed by atoms with E-state index < -0.39 is 0 Å². The topological polar surface area (TPSA) is 45.5 Å². The van der Waals surface area contributed by atoms with Crippen molar-refractivity contribution in [2.45, 2.75) is 33.2 Å². The Labute approximate surface area is 144 Å². The molecule has 1 fully saturated rings. The largest absolute Gasteiger partial charge is 0.357 e. The molecule has 1 atom stereocenters. The maximum absolute atomic E-state index is 4.91. The van der Waals surface area contributed by atoms with Gasteiger partial charge in [-0.2, -0.15) is 0 Å². The van der Waals surface area contributed by atoms with Crippen LogP contribution in [-0.2, 0) is 6.54 Å². The molecule has 0 spiro atoms. The van der Waals surface area contributed by atoms with Crippen LogP contribution in [0.1, 0.15) is 32.3 Å². The van der Waals surface area contributed by atoms with Gasteiger partial charge in [-0.3, -0.25) is 0 Å². The predicted molar refractivity (Wildman–Crippen MR) is 98.4 cm³/mol. The van der Waals surface area contributed by atoms with Gasteiger partial charge in [0.1, 0.15) is 0 Å². The summed E-state index contributed by atoms with van der Waals surface area (Å²) >= 11 is 0. The lowest BCUT2D eigenvalue weighted by Crippen LogP contribution is -2.46. The molecule has 1 aromatic heterocycles. The van der Waals surface area contributed by atoms with E-state index >= 15 is 0 Å². The first kappa shape index (κ1) is 16.6.